The van der Waals surface area contributed by atoms with Crippen LogP contribution in [0.2, 0.25) is 0 Å². The normalized spacial score (nSPS) is 12.4. The van der Waals surface area contributed by atoms with E-state index in [1.807, 2.05) is 0 Å². The number of nitrogens with zero attached hydrogens (tertiary/aromatic N) is 1. The minimum atomic E-state index is -0.884. The fraction of sp³-hybridized carbons (Fsp3) is 0.579. The van der Waals surface area contributed by atoms with Crippen LogP contribution in [0.15, 0.2) is 18.2 Å². The Balaban J connectivity index is 2.28. The molecular formula is C19H30FN3O4. The number of nitrogens with two attached hydrogens (primary N) is 1. The smallest absolute Gasteiger partial charge is 0.410 e. The molecule has 1 aromatic carbocycles. The number of hydrogen-bond acceptors (Lipinski definition) is 5. The van der Waals surface area contributed by atoms with E-state index >= 15 is 0 Å². The lowest BCUT2D eigenvalue weighted by Gasteiger charge is -2.24. The Bertz CT molecular complexity index is 646. The topological polar surface area (TPSA) is 93.9 Å². The van der Waals surface area contributed by atoms with Crippen LogP contribution in [0.5, 0.6) is 0 Å². The number of carbonyl (C=O) groups is 2. The molecule has 0 heterocycles. The maximum absolute atomic E-state index is 13.7. The first-order valence-corrected chi connectivity index (χ1v) is 8.80. The number of likely N-dealkylation sites (N-methyl/N-ethyl adjacent to an activating group) is 1. The van der Waals surface area contributed by atoms with Crippen molar-refractivity contribution < 1.29 is 23.5 Å². The van der Waals surface area contributed by atoms with Gasteiger partial charge in [0.1, 0.15) is 17.5 Å². The molecule has 0 saturated carbocycles. The highest BCUT2D eigenvalue weighted by Gasteiger charge is 2.19. The third-order valence-electron chi connectivity index (χ3n) is 3.57. The summed E-state index contributed by atoms with van der Waals surface area (Å²) < 4.78 is 24.3. The summed E-state index contributed by atoms with van der Waals surface area (Å²) in [5.41, 5.74) is 6.40. The highest BCUT2D eigenvalue weighted by atomic mass is 19.1. The molecule has 0 spiro atoms. The van der Waals surface area contributed by atoms with Crippen LogP contribution in [-0.4, -0.2) is 55.3 Å². The Kier molecular flexibility index (Phi) is 8.65. The first-order valence-electron chi connectivity index (χ1n) is 8.80. The van der Waals surface area contributed by atoms with Crippen LogP contribution in [0.3, 0.4) is 0 Å². The summed E-state index contributed by atoms with van der Waals surface area (Å²) in [7, 11) is 1.60. The minimum absolute atomic E-state index is 0.00955. The van der Waals surface area contributed by atoms with Crippen molar-refractivity contribution in [3.05, 3.63) is 35.1 Å². The molecule has 0 fully saturated rings. The standard InChI is InChI=1S/C19H30FN3O4/c1-13-6-7-14(15(20)10-13)11-22-17(24)16(21)12-26-9-8-23(5)18(25)27-19(2,3)4/h6-7,10,16H,8-9,11-12,21H2,1-5H3,(H,22,24)/t16-/m0/s1. The van der Waals surface area contributed by atoms with Gasteiger partial charge in [0, 0.05) is 25.7 Å². The molecule has 0 bridgehead atoms. The third kappa shape index (κ3) is 8.83. The minimum Gasteiger partial charge on any atom is -0.444 e. The monoisotopic (exact) mass is 383 g/mol. The summed E-state index contributed by atoms with van der Waals surface area (Å²) in [5.74, 6) is -0.805. The maximum atomic E-state index is 13.7. The molecule has 2 amide bonds. The predicted octanol–water partition coefficient (Wildman–Crippen LogP) is 1.96. The van der Waals surface area contributed by atoms with Crippen molar-refractivity contribution in [3.8, 4) is 0 Å². The number of ether oxygens (including phenoxy) is 2. The second-order valence-corrected chi connectivity index (χ2v) is 7.40. The molecule has 152 valence electrons. The van der Waals surface area contributed by atoms with Crippen molar-refractivity contribution in [1.29, 1.82) is 0 Å². The lowest BCUT2D eigenvalue weighted by molar-refractivity contribution is -0.123. The van der Waals surface area contributed by atoms with E-state index in [0.717, 1.165) is 5.56 Å². The number of nitrogens with one attached hydrogen (secondary N) is 1. The fourth-order valence-electron chi connectivity index (χ4n) is 2.03. The largest absolute Gasteiger partial charge is 0.444 e. The van der Waals surface area contributed by atoms with Gasteiger partial charge in [0.2, 0.25) is 5.91 Å². The lowest BCUT2D eigenvalue weighted by atomic mass is 10.1. The van der Waals surface area contributed by atoms with Gasteiger partial charge in [0.25, 0.3) is 0 Å². The Morgan fingerprint density at radius 2 is 2.00 bits per heavy atom. The highest BCUT2D eigenvalue weighted by Crippen LogP contribution is 2.10. The van der Waals surface area contributed by atoms with Gasteiger partial charge in [-0.05, 0) is 39.3 Å². The number of rotatable bonds is 8. The first-order chi connectivity index (χ1) is 12.5. The Labute approximate surface area is 160 Å². The van der Waals surface area contributed by atoms with Crippen molar-refractivity contribution >= 4 is 12.0 Å². The zero-order valence-electron chi connectivity index (χ0n) is 16.7. The lowest BCUT2D eigenvalue weighted by Crippen LogP contribution is -2.44. The van der Waals surface area contributed by atoms with Crippen LogP contribution in [0, 0.1) is 12.7 Å². The van der Waals surface area contributed by atoms with E-state index in [1.165, 1.54) is 11.0 Å². The molecule has 0 saturated heterocycles. The van der Waals surface area contributed by atoms with Crippen LogP contribution in [0.1, 0.15) is 31.9 Å². The molecule has 0 aliphatic carbocycles. The second kappa shape index (κ2) is 10.2. The van der Waals surface area contributed by atoms with E-state index in [1.54, 1.807) is 46.9 Å². The van der Waals surface area contributed by atoms with Gasteiger partial charge in [0.15, 0.2) is 0 Å². The molecule has 27 heavy (non-hydrogen) atoms. The molecule has 7 nitrogen and oxygen atoms in total. The van der Waals surface area contributed by atoms with Crippen LogP contribution >= 0.6 is 0 Å². The van der Waals surface area contributed by atoms with E-state index in [-0.39, 0.29) is 25.6 Å². The number of aryl methyl sites for hydroxylation is 1. The second-order valence-electron chi connectivity index (χ2n) is 7.40. The van der Waals surface area contributed by atoms with E-state index in [4.69, 9.17) is 15.2 Å². The van der Waals surface area contributed by atoms with E-state index in [9.17, 15) is 14.0 Å². The Hall–Kier alpha value is -2.19. The van der Waals surface area contributed by atoms with Gasteiger partial charge in [-0.1, -0.05) is 12.1 Å². The van der Waals surface area contributed by atoms with Crippen LogP contribution < -0.4 is 11.1 Å². The van der Waals surface area contributed by atoms with Gasteiger partial charge in [0.05, 0.1) is 13.2 Å². The molecule has 1 rings (SSSR count). The molecule has 0 aliphatic rings. The number of amides is 2. The van der Waals surface area contributed by atoms with Crippen LogP contribution in [0.25, 0.3) is 0 Å². The molecule has 0 aliphatic heterocycles. The van der Waals surface area contributed by atoms with Gasteiger partial charge in [-0.25, -0.2) is 9.18 Å². The summed E-state index contributed by atoms with van der Waals surface area (Å²) in [4.78, 5) is 25.1. The van der Waals surface area contributed by atoms with Crippen molar-refractivity contribution in [2.75, 3.05) is 26.8 Å². The highest BCUT2D eigenvalue weighted by molar-refractivity contribution is 5.81. The molecule has 0 radical (unpaired) electrons. The zero-order valence-corrected chi connectivity index (χ0v) is 16.7. The summed E-state index contributed by atoms with van der Waals surface area (Å²) in [6, 6.07) is 3.92. The average molecular weight is 383 g/mol. The number of hydrogen-bond donors (Lipinski definition) is 2. The van der Waals surface area contributed by atoms with Crippen LogP contribution in [0.4, 0.5) is 9.18 Å². The first kappa shape index (κ1) is 22.9. The Morgan fingerprint density at radius 1 is 1.33 bits per heavy atom. The van der Waals surface area contributed by atoms with Gasteiger partial charge >= 0.3 is 6.09 Å². The van der Waals surface area contributed by atoms with Gasteiger partial charge in [-0.3, -0.25) is 4.79 Å². The third-order valence-corrected chi connectivity index (χ3v) is 3.57. The summed E-state index contributed by atoms with van der Waals surface area (Å²) >= 11 is 0. The number of benzene rings is 1. The molecule has 0 aromatic heterocycles. The van der Waals surface area contributed by atoms with Gasteiger partial charge in [-0.15, -0.1) is 0 Å². The Morgan fingerprint density at radius 3 is 2.59 bits per heavy atom. The molecule has 8 heteroatoms. The molecule has 1 atom stereocenters. The van der Waals surface area contributed by atoms with E-state index in [2.05, 4.69) is 5.32 Å². The SMILES string of the molecule is Cc1ccc(CNC(=O)[C@@H](N)COCCN(C)C(=O)OC(C)(C)C)c(F)c1. The van der Waals surface area contributed by atoms with Crippen molar-refractivity contribution in [2.24, 2.45) is 5.73 Å². The zero-order chi connectivity index (χ0) is 20.6. The number of carbonyl (C=O) groups excluding carboxylic acids is 2. The molecular weight excluding hydrogens is 353 g/mol. The predicted molar refractivity (Wildman–Crippen MR) is 101 cm³/mol. The molecule has 1 aromatic rings. The average Bonchev–Trinajstić information content (AvgIpc) is 2.55. The summed E-state index contributed by atoms with van der Waals surface area (Å²) in [5, 5.41) is 2.58. The van der Waals surface area contributed by atoms with E-state index < -0.39 is 23.6 Å². The van der Waals surface area contributed by atoms with Crippen molar-refractivity contribution in [2.45, 2.75) is 45.9 Å². The van der Waals surface area contributed by atoms with Crippen LogP contribution in [-0.2, 0) is 20.8 Å². The van der Waals surface area contributed by atoms with Gasteiger partial charge in [-0.2, -0.15) is 0 Å². The summed E-state index contributed by atoms with van der Waals surface area (Å²) in [6.45, 7) is 7.71. The van der Waals surface area contributed by atoms with E-state index in [0.29, 0.717) is 12.1 Å². The maximum Gasteiger partial charge on any atom is 0.410 e. The van der Waals surface area contributed by atoms with Gasteiger partial charge < -0.3 is 25.4 Å². The molecule has 0 unspecified atom stereocenters. The van der Waals surface area contributed by atoms with Crippen molar-refractivity contribution in [1.82, 2.24) is 10.2 Å². The quantitative estimate of drug-likeness (QED) is 0.670. The summed E-state index contributed by atoms with van der Waals surface area (Å²) in [6.07, 6.45) is -0.451. The molecule has 3 N–H and O–H groups in total. The fourth-order valence-corrected chi connectivity index (χ4v) is 2.03. The number of halogens is 1. The van der Waals surface area contributed by atoms with Crippen molar-refractivity contribution in [3.63, 3.8) is 0 Å².